The number of unbranched alkanes of at least 4 members (excludes halogenated alkanes) is 16. The van der Waals surface area contributed by atoms with Gasteiger partial charge in [-0.15, -0.1) is 0 Å². The number of hydrogen-bond donors (Lipinski definition) is 5. The smallest absolute Gasteiger partial charge is 0.462 e. The molecule has 0 heterocycles. The normalized spacial score (nSPS) is 15.0. The molecule has 0 aliphatic heterocycles. The molecular formula is C43H80O14P2. The third-order valence-corrected chi connectivity index (χ3v) is 10.7. The minimum atomic E-state index is -4.88. The van der Waals surface area contributed by atoms with Gasteiger partial charge < -0.3 is 34.4 Å². The maximum atomic E-state index is 12.7. The standard InChI is InChI=1S/C43H80O14P2/c1-4-5-6-7-8-9-10-11-14-17-20-23-26-30-39(44)31-28-33-43(47)57-41(37-56-59(51,52)55-35-40(45)34-54-58(48,49)50)36-53-42(46)32-27-24-21-18-15-12-13-16-19-22-25-29-38(2)3/h11,14,20,23,26,30,38-41,44-45H,4-10,12-13,15-19,21-22,24-25,27-29,31-37H2,1-3H3,(H,51,52)(H2,48,49,50)/b14-11+,23-20+,30-26+/t39?,40-,41+/m0/s1. The zero-order valence-corrected chi connectivity index (χ0v) is 38.2. The van der Waals surface area contributed by atoms with Crippen molar-refractivity contribution in [2.24, 2.45) is 5.92 Å². The topological polar surface area (TPSA) is 216 Å². The van der Waals surface area contributed by atoms with Crippen LogP contribution in [0, 0.1) is 5.92 Å². The lowest BCUT2D eigenvalue weighted by atomic mass is 10.0. The Morgan fingerprint density at radius 3 is 1.78 bits per heavy atom. The van der Waals surface area contributed by atoms with Crippen molar-refractivity contribution in [3.63, 3.8) is 0 Å². The number of phosphoric ester groups is 2. The minimum absolute atomic E-state index is 0.0913. The van der Waals surface area contributed by atoms with Gasteiger partial charge in [0.2, 0.25) is 0 Å². The Morgan fingerprint density at radius 1 is 0.593 bits per heavy atom. The van der Waals surface area contributed by atoms with Crippen molar-refractivity contribution in [3.05, 3.63) is 36.5 Å². The second-order valence-corrected chi connectivity index (χ2v) is 18.3. The van der Waals surface area contributed by atoms with Gasteiger partial charge in [-0.3, -0.25) is 23.2 Å². The van der Waals surface area contributed by atoms with Crippen LogP contribution < -0.4 is 0 Å². The van der Waals surface area contributed by atoms with Gasteiger partial charge in [-0.1, -0.05) is 160 Å². The number of phosphoric acid groups is 2. The van der Waals surface area contributed by atoms with Gasteiger partial charge in [-0.2, -0.15) is 0 Å². The molecule has 14 nitrogen and oxygen atoms in total. The number of aliphatic hydroxyl groups excluding tert-OH is 2. The van der Waals surface area contributed by atoms with E-state index >= 15 is 0 Å². The highest BCUT2D eigenvalue weighted by Crippen LogP contribution is 2.43. The summed E-state index contributed by atoms with van der Waals surface area (Å²) in [7, 11) is -9.74. The summed E-state index contributed by atoms with van der Waals surface area (Å²) in [5.74, 6) is -0.449. The molecule has 59 heavy (non-hydrogen) atoms. The molecule has 0 aliphatic carbocycles. The molecule has 0 saturated heterocycles. The monoisotopic (exact) mass is 883 g/mol. The summed E-state index contributed by atoms with van der Waals surface area (Å²) in [6.07, 6.45) is 31.8. The predicted octanol–water partition coefficient (Wildman–Crippen LogP) is 10.1. The summed E-state index contributed by atoms with van der Waals surface area (Å²) in [6.45, 7) is 3.84. The highest BCUT2D eigenvalue weighted by atomic mass is 31.2. The fourth-order valence-corrected chi connectivity index (χ4v) is 7.05. The molecule has 0 radical (unpaired) electrons. The lowest BCUT2D eigenvalue weighted by Gasteiger charge is -2.20. The van der Waals surface area contributed by atoms with Crippen LogP contribution in [0.4, 0.5) is 0 Å². The summed E-state index contributed by atoms with van der Waals surface area (Å²) in [5, 5.41) is 20.0. The third-order valence-electron chi connectivity index (χ3n) is 9.30. The van der Waals surface area contributed by atoms with Crippen LogP contribution in [-0.2, 0) is 41.8 Å². The molecule has 0 amide bonds. The van der Waals surface area contributed by atoms with Gasteiger partial charge in [0.1, 0.15) is 12.7 Å². The second-order valence-electron chi connectivity index (χ2n) is 15.7. The van der Waals surface area contributed by atoms with Gasteiger partial charge in [0.05, 0.1) is 25.9 Å². The summed E-state index contributed by atoms with van der Waals surface area (Å²) in [5.41, 5.74) is 0. The SMILES string of the molecule is CCCCCCCC/C=C/C/C=C/C=C/C(O)CCCC(=O)O[C@H](COC(=O)CCCCCCCCCCCCCC(C)C)COP(=O)(O)OC[C@@H](O)COP(=O)(O)O. The number of carbonyl (C=O) groups excluding carboxylic acids is 2. The van der Waals surface area contributed by atoms with Crippen molar-refractivity contribution in [2.45, 2.75) is 193 Å². The van der Waals surface area contributed by atoms with Crippen LogP contribution in [0.5, 0.6) is 0 Å². The molecule has 16 heteroatoms. The molecule has 0 rings (SSSR count). The molecule has 0 aromatic heterocycles. The molecule has 2 unspecified atom stereocenters. The van der Waals surface area contributed by atoms with E-state index in [-0.39, 0.29) is 25.7 Å². The summed E-state index contributed by atoms with van der Waals surface area (Å²) in [4.78, 5) is 52.7. The van der Waals surface area contributed by atoms with Crippen molar-refractivity contribution >= 4 is 27.6 Å². The number of aliphatic hydroxyl groups is 2. The third kappa shape index (κ3) is 42.8. The molecule has 0 bridgehead atoms. The van der Waals surface area contributed by atoms with E-state index in [4.69, 9.17) is 23.8 Å². The van der Waals surface area contributed by atoms with Gasteiger partial charge in [-0.25, -0.2) is 9.13 Å². The molecule has 0 spiro atoms. The average Bonchev–Trinajstić information content (AvgIpc) is 3.17. The van der Waals surface area contributed by atoms with E-state index in [2.05, 4.69) is 42.0 Å². The zero-order chi connectivity index (χ0) is 44.0. The van der Waals surface area contributed by atoms with Gasteiger partial charge in [0, 0.05) is 12.8 Å². The Balaban J connectivity index is 4.69. The quantitative estimate of drug-likeness (QED) is 0.0127. The number of esters is 2. The van der Waals surface area contributed by atoms with Gasteiger partial charge >= 0.3 is 27.6 Å². The first-order chi connectivity index (χ1) is 28.1. The van der Waals surface area contributed by atoms with Crippen LogP contribution in [0.2, 0.25) is 0 Å². The Morgan fingerprint density at radius 2 is 1.15 bits per heavy atom. The lowest BCUT2D eigenvalue weighted by molar-refractivity contribution is -0.161. The number of rotatable bonds is 41. The van der Waals surface area contributed by atoms with Gasteiger partial charge in [0.25, 0.3) is 0 Å². The number of carbonyl (C=O) groups is 2. The van der Waals surface area contributed by atoms with Crippen molar-refractivity contribution in [2.75, 3.05) is 26.4 Å². The average molecular weight is 883 g/mol. The molecule has 4 atom stereocenters. The van der Waals surface area contributed by atoms with Crippen LogP contribution in [-0.4, -0.2) is 81.6 Å². The summed E-state index contributed by atoms with van der Waals surface area (Å²) >= 11 is 0. The van der Waals surface area contributed by atoms with Crippen LogP contribution >= 0.6 is 15.6 Å². The minimum Gasteiger partial charge on any atom is -0.462 e. The fourth-order valence-electron chi connectivity index (χ4n) is 5.89. The second kappa shape index (κ2) is 38.0. The summed E-state index contributed by atoms with van der Waals surface area (Å²) < 4.78 is 47.6. The molecule has 5 N–H and O–H groups in total. The molecule has 0 saturated carbocycles. The molecule has 0 aliphatic rings. The van der Waals surface area contributed by atoms with Gasteiger partial charge in [-0.05, 0) is 44.4 Å². The lowest BCUT2D eigenvalue weighted by Crippen LogP contribution is -2.30. The van der Waals surface area contributed by atoms with Crippen LogP contribution in [0.15, 0.2) is 36.5 Å². The van der Waals surface area contributed by atoms with Crippen molar-refractivity contribution in [1.82, 2.24) is 0 Å². The molecule has 0 fully saturated rings. The van der Waals surface area contributed by atoms with E-state index in [1.807, 2.05) is 12.2 Å². The van der Waals surface area contributed by atoms with E-state index < -0.39 is 72.3 Å². The largest absolute Gasteiger partial charge is 0.472 e. The first-order valence-corrected chi connectivity index (χ1v) is 25.2. The Labute approximate surface area is 355 Å². The van der Waals surface area contributed by atoms with Crippen LogP contribution in [0.1, 0.15) is 175 Å². The molecule has 0 aromatic carbocycles. The maximum Gasteiger partial charge on any atom is 0.472 e. The number of ether oxygens (including phenoxy) is 2. The molecule has 346 valence electrons. The first-order valence-electron chi connectivity index (χ1n) is 22.1. The van der Waals surface area contributed by atoms with Crippen molar-refractivity contribution < 1.29 is 66.7 Å². The Bertz CT molecular complexity index is 1220. The molecule has 0 aromatic rings. The molecular weight excluding hydrogens is 802 g/mol. The Kier molecular flexibility index (Phi) is 36.9. The van der Waals surface area contributed by atoms with Crippen molar-refractivity contribution in [3.8, 4) is 0 Å². The summed E-state index contributed by atoms with van der Waals surface area (Å²) in [6, 6.07) is 0. The predicted molar refractivity (Wildman–Crippen MR) is 231 cm³/mol. The first kappa shape index (κ1) is 57.3. The van der Waals surface area contributed by atoms with Crippen LogP contribution in [0.25, 0.3) is 0 Å². The van der Waals surface area contributed by atoms with E-state index in [1.54, 1.807) is 12.2 Å². The highest BCUT2D eigenvalue weighted by molar-refractivity contribution is 7.47. The van der Waals surface area contributed by atoms with Crippen molar-refractivity contribution in [1.29, 1.82) is 0 Å². The van der Waals surface area contributed by atoms with E-state index in [1.165, 1.54) is 89.9 Å². The fraction of sp³-hybridized carbons (Fsp3) is 0.814. The number of allylic oxidation sites excluding steroid dienone is 5. The van der Waals surface area contributed by atoms with E-state index in [9.17, 15) is 33.8 Å². The van der Waals surface area contributed by atoms with Crippen LogP contribution in [0.3, 0.4) is 0 Å². The van der Waals surface area contributed by atoms with E-state index in [0.717, 1.165) is 38.0 Å². The maximum absolute atomic E-state index is 12.7. The van der Waals surface area contributed by atoms with E-state index in [0.29, 0.717) is 6.42 Å². The van der Waals surface area contributed by atoms with Gasteiger partial charge in [0.15, 0.2) is 6.10 Å². The number of hydrogen-bond acceptors (Lipinski definition) is 11. The zero-order valence-electron chi connectivity index (χ0n) is 36.4. The highest BCUT2D eigenvalue weighted by Gasteiger charge is 2.28. The Hall–Kier alpha value is -1.70.